The highest BCUT2D eigenvalue weighted by atomic mass is 16.4. The molecular formula is C26H42O3. The molecule has 29 heavy (non-hydrogen) atoms. The molecule has 0 aliphatic heterocycles. The van der Waals surface area contributed by atoms with Gasteiger partial charge < -0.3 is 10.2 Å². The number of hydrogen-bond donors (Lipinski definition) is 2. The number of aliphatic carboxylic acids is 1. The summed E-state index contributed by atoms with van der Waals surface area (Å²) in [5.41, 5.74) is 0.746. The van der Waals surface area contributed by atoms with Gasteiger partial charge in [0.1, 0.15) is 0 Å². The fourth-order valence-corrected chi connectivity index (χ4v) is 9.08. The number of aliphatic hydroxyl groups is 1. The topological polar surface area (TPSA) is 57.5 Å². The van der Waals surface area contributed by atoms with Crippen molar-refractivity contribution < 1.29 is 15.0 Å². The lowest BCUT2D eigenvalue weighted by Gasteiger charge is -2.63. The first-order valence-corrected chi connectivity index (χ1v) is 12.2. The summed E-state index contributed by atoms with van der Waals surface area (Å²) >= 11 is 0. The van der Waals surface area contributed by atoms with Crippen LogP contribution in [0.5, 0.6) is 0 Å². The summed E-state index contributed by atoms with van der Waals surface area (Å²) in [7, 11) is 0. The number of fused-ring (bicyclic) bond motifs is 5. The fraction of sp³-hybridized carbons (Fsp3) is 0.885. The second kappa shape index (κ2) is 7.70. The molecule has 3 nitrogen and oxygen atoms in total. The van der Waals surface area contributed by atoms with Gasteiger partial charge in [0.2, 0.25) is 0 Å². The molecule has 0 aromatic heterocycles. The second-order valence-electron chi connectivity index (χ2n) is 11.7. The zero-order chi connectivity index (χ0) is 21.0. The SMILES string of the molecule is C=C[C@@H]1C[C@@H]2C[C@H](O)CC[C@]2(C)C2CC[C@@]3(C)C(CCC3[C@H](C)CCC(=O)O)[C@@H]21. The largest absolute Gasteiger partial charge is 0.481 e. The van der Waals surface area contributed by atoms with Gasteiger partial charge in [0.15, 0.2) is 0 Å². The summed E-state index contributed by atoms with van der Waals surface area (Å²) in [6.45, 7) is 11.7. The number of carboxylic acids is 1. The molecule has 4 fully saturated rings. The van der Waals surface area contributed by atoms with Gasteiger partial charge in [0.05, 0.1) is 6.10 Å². The summed E-state index contributed by atoms with van der Waals surface area (Å²) in [5, 5.41) is 19.5. The van der Waals surface area contributed by atoms with Crippen LogP contribution in [0.3, 0.4) is 0 Å². The zero-order valence-corrected chi connectivity index (χ0v) is 18.8. The van der Waals surface area contributed by atoms with Crippen molar-refractivity contribution in [3.8, 4) is 0 Å². The van der Waals surface area contributed by atoms with Gasteiger partial charge in [-0.15, -0.1) is 6.58 Å². The first kappa shape index (κ1) is 21.4. The van der Waals surface area contributed by atoms with E-state index in [1.165, 1.54) is 38.5 Å². The van der Waals surface area contributed by atoms with Crippen molar-refractivity contribution in [2.45, 2.75) is 91.1 Å². The van der Waals surface area contributed by atoms with E-state index in [0.29, 0.717) is 40.9 Å². The highest BCUT2D eigenvalue weighted by molar-refractivity contribution is 5.66. The van der Waals surface area contributed by atoms with Crippen LogP contribution in [-0.2, 0) is 4.79 Å². The lowest BCUT2D eigenvalue weighted by Crippen LogP contribution is -2.56. The van der Waals surface area contributed by atoms with Crippen LogP contribution in [0.2, 0.25) is 0 Å². The molecular weight excluding hydrogens is 360 g/mol. The molecule has 0 saturated heterocycles. The standard InChI is InChI=1S/C26H42O3/c1-5-17-14-18-15-19(27)10-12-25(18,3)22-11-13-26(4)20(7-8-21(26)24(17)22)16(2)6-9-23(28)29/h5,16-22,24,27H,1,6-15H2,2-4H3,(H,28,29)/t16-,17-,18-,19-,20?,21?,22?,24+,25+,26-/m1/s1. The van der Waals surface area contributed by atoms with Crippen molar-refractivity contribution in [1.82, 2.24) is 0 Å². The van der Waals surface area contributed by atoms with Crippen molar-refractivity contribution in [1.29, 1.82) is 0 Å². The molecule has 0 radical (unpaired) electrons. The minimum atomic E-state index is -0.655. The van der Waals surface area contributed by atoms with E-state index in [4.69, 9.17) is 5.11 Å². The molecule has 4 rings (SSSR count). The Kier molecular flexibility index (Phi) is 5.68. The molecule has 4 saturated carbocycles. The average molecular weight is 403 g/mol. The normalized spacial score (nSPS) is 50.1. The number of hydrogen-bond acceptors (Lipinski definition) is 2. The van der Waals surface area contributed by atoms with E-state index in [0.717, 1.165) is 37.0 Å². The number of allylic oxidation sites excluding steroid dienone is 1. The maximum atomic E-state index is 11.1. The molecule has 0 bridgehead atoms. The van der Waals surface area contributed by atoms with E-state index >= 15 is 0 Å². The van der Waals surface area contributed by atoms with Crippen LogP contribution in [0.4, 0.5) is 0 Å². The van der Waals surface area contributed by atoms with E-state index in [-0.39, 0.29) is 6.10 Å². The van der Waals surface area contributed by atoms with Gasteiger partial charge in [-0.1, -0.05) is 26.8 Å². The predicted octanol–water partition coefficient (Wildman–Crippen LogP) is 5.92. The Bertz CT molecular complexity index is 644. The van der Waals surface area contributed by atoms with E-state index in [1.54, 1.807) is 0 Å². The average Bonchev–Trinajstić information content (AvgIpc) is 3.03. The van der Waals surface area contributed by atoms with Gasteiger partial charge >= 0.3 is 5.97 Å². The molecule has 0 aromatic carbocycles. The van der Waals surface area contributed by atoms with Gasteiger partial charge in [0, 0.05) is 6.42 Å². The van der Waals surface area contributed by atoms with Crippen LogP contribution in [0.25, 0.3) is 0 Å². The Hall–Kier alpha value is -0.830. The number of aliphatic hydroxyl groups excluding tert-OH is 1. The Morgan fingerprint density at radius 2 is 1.79 bits per heavy atom. The van der Waals surface area contributed by atoms with Crippen LogP contribution in [0, 0.1) is 52.3 Å². The van der Waals surface area contributed by atoms with Crippen LogP contribution in [0.1, 0.15) is 85.0 Å². The number of carboxylic acid groups (broad SMARTS) is 1. The molecule has 0 aromatic rings. The molecule has 3 heteroatoms. The summed E-state index contributed by atoms with van der Waals surface area (Å²) in [5.74, 6) is 3.99. The molecule has 0 heterocycles. The summed E-state index contributed by atoms with van der Waals surface area (Å²) in [6, 6.07) is 0. The Balaban J connectivity index is 1.59. The van der Waals surface area contributed by atoms with E-state index < -0.39 is 5.97 Å². The van der Waals surface area contributed by atoms with Crippen LogP contribution < -0.4 is 0 Å². The molecule has 0 spiro atoms. The summed E-state index contributed by atoms with van der Waals surface area (Å²) in [4.78, 5) is 11.1. The van der Waals surface area contributed by atoms with Gasteiger partial charge in [-0.3, -0.25) is 4.79 Å². The third-order valence-electron chi connectivity index (χ3n) is 10.6. The van der Waals surface area contributed by atoms with Crippen LogP contribution in [0.15, 0.2) is 12.7 Å². The molecule has 164 valence electrons. The molecule has 4 aliphatic carbocycles. The quantitative estimate of drug-likeness (QED) is 0.561. The minimum absolute atomic E-state index is 0.102. The van der Waals surface area contributed by atoms with Crippen molar-refractivity contribution in [2.24, 2.45) is 52.3 Å². The van der Waals surface area contributed by atoms with Crippen molar-refractivity contribution in [2.75, 3.05) is 0 Å². The molecule has 3 unspecified atom stereocenters. The molecule has 0 amide bonds. The smallest absolute Gasteiger partial charge is 0.303 e. The lowest BCUT2D eigenvalue weighted by atomic mass is 9.42. The first-order valence-electron chi connectivity index (χ1n) is 12.2. The van der Waals surface area contributed by atoms with Gasteiger partial charge in [-0.25, -0.2) is 0 Å². The van der Waals surface area contributed by atoms with Crippen molar-refractivity contribution in [3.63, 3.8) is 0 Å². The Morgan fingerprint density at radius 1 is 1.10 bits per heavy atom. The van der Waals surface area contributed by atoms with E-state index in [9.17, 15) is 9.90 Å². The molecule has 4 aliphatic rings. The summed E-state index contributed by atoms with van der Waals surface area (Å²) in [6.07, 6.45) is 12.8. The van der Waals surface area contributed by atoms with E-state index in [2.05, 4.69) is 33.4 Å². The maximum absolute atomic E-state index is 11.1. The second-order valence-corrected chi connectivity index (χ2v) is 11.7. The first-order chi connectivity index (χ1) is 13.7. The van der Waals surface area contributed by atoms with Crippen LogP contribution >= 0.6 is 0 Å². The third kappa shape index (κ3) is 3.40. The van der Waals surface area contributed by atoms with Crippen molar-refractivity contribution in [3.05, 3.63) is 12.7 Å². The monoisotopic (exact) mass is 402 g/mol. The van der Waals surface area contributed by atoms with Crippen molar-refractivity contribution >= 4 is 5.97 Å². The highest BCUT2D eigenvalue weighted by Gasteiger charge is 2.62. The molecule has 10 atom stereocenters. The zero-order valence-electron chi connectivity index (χ0n) is 18.8. The van der Waals surface area contributed by atoms with Gasteiger partial charge in [-0.05, 0) is 110 Å². The Morgan fingerprint density at radius 3 is 2.48 bits per heavy atom. The third-order valence-corrected chi connectivity index (χ3v) is 10.6. The van der Waals surface area contributed by atoms with E-state index in [1.807, 2.05) is 0 Å². The summed E-state index contributed by atoms with van der Waals surface area (Å²) < 4.78 is 0. The maximum Gasteiger partial charge on any atom is 0.303 e. The predicted molar refractivity (Wildman–Crippen MR) is 116 cm³/mol. The Labute approximate surface area is 177 Å². The lowest BCUT2D eigenvalue weighted by molar-refractivity contribution is -0.145. The van der Waals surface area contributed by atoms with Gasteiger partial charge in [-0.2, -0.15) is 0 Å². The van der Waals surface area contributed by atoms with Crippen LogP contribution in [-0.4, -0.2) is 22.3 Å². The minimum Gasteiger partial charge on any atom is -0.481 e. The van der Waals surface area contributed by atoms with Gasteiger partial charge in [0.25, 0.3) is 0 Å². The highest BCUT2D eigenvalue weighted by Crippen LogP contribution is 2.69. The fourth-order valence-electron chi connectivity index (χ4n) is 9.08. The molecule has 2 N–H and O–H groups in total. The number of carbonyl (C=O) groups is 1. The number of rotatable bonds is 5.